The Labute approximate surface area is 122 Å². The van der Waals surface area contributed by atoms with Gasteiger partial charge in [-0.2, -0.15) is 0 Å². The van der Waals surface area contributed by atoms with Crippen molar-refractivity contribution in [1.29, 1.82) is 0 Å². The lowest BCUT2D eigenvalue weighted by Gasteiger charge is -2.23. The summed E-state index contributed by atoms with van der Waals surface area (Å²) in [6, 6.07) is 9.92. The lowest BCUT2D eigenvalue weighted by atomic mass is 10.1. The molecule has 0 saturated carbocycles. The van der Waals surface area contributed by atoms with Crippen molar-refractivity contribution in [2.24, 2.45) is 0 Å². The molecule has 0 radical (unpaired) electrons. The smallest absolute Gasteiger partial charge is 0.338 e. The Bertz CT molecular complexity index is 658. The molecule has 0 bridgehead atoms. The van der Waals surface area contributed by atoms with Crippen LogP contribution in [0, 0.1) is 12.7 Å². The van der Waals surface area contributed by atoms with Crippen LogP contribution >= 0.6 is 0 Å². The van der Waals surface area contributed by atoms with Gasteiger partial charge in [-0.15, -0.1) is 0 Å². The fourth-order valence-corrected chi connectivity index (χ4v) is 2.14. The molecule has 0 saturated heterocycles. The molecule has 1 aromatic carbocycles. The van der Waals surface area contributed by atoms with E-state index < -0.39 is 11.8 Å². The lowest BCUT2D eigenvalue weighted by molar-refractivity contribution is 0.0692. The van der Waals surface area contributed by atoms with Crippen LogP contribution in [-0.4, -0.2) is 22.6 Å². The zero-order chi connectivity index (χ0) is 15.4. The van der Waals surface area contributed by atoms with Gasteiger partial charge in [-0.25, -0.2) is 9.18 Å². The average Bonchev–Trinajstić information content (AvgIpc) is 2.44. The number of aryl methyl sites for hydroxylation is 1. The predicted molar refractivity (Wildman–Crippen MR) is 79.1 cm³/mol. The van der Waals surface area contributed by atoms with E-state index in [4.69, 9.17) is 5.11 Å². The van der Waals surface area contributed by atoms with Gasteiger partial charge >= 0.3 is 5.97 Å². The Balaban J connectivity index is 2.25. The van der Waals surface area contributed by atoms with E-state index in [1.807, 2.05) is 36.9 Å². The molecule has 110 valence electrons. The Kier molecular flexibility index (Phi) is 4.52. The highest BCUT2D eigenvalue weighted by Gasteiger charge is 2.13. The van der Waals surface area contributed by atoms with Crippen LogP contribution in [0.5, 0.6) is 0 Å². The second kappa shape index (κ2) is 6.35. The number of rotatable bonds is 5. The van der Waals surface area contributed by atoms with Crippen LogP contribution in [-0.2, 0) is 6.54 Å². The molecule has 1 N–H and O–H groups in total. The van der Waals surface area contributed by atoms with Crippen molar-refractivity contribution in [1.82, 2.24) is 4.98 Å². The van der Waals surface area contributed by atoms with Crippen molar-refractivity contribution < 1.29 is 14.3 Å². The van der Waals surface area contributed by atoms with Gasteiger partial charge in [0.1, 0.15) is 5.82 Å². The van der Waals surface area contributed by atoms with Crippen LogP contribution < -0.4 is 4.90 Å². The Hall–Kier alpha value is -2.43. The fraction of sp³-hybridized carbons (Fsp3) is 0.250. The maximum Gasteiger partial charge on any atom is 0.338 e. The van der Waals surface area contributed by atoms with Gasteiger partial charge in [0.25, 0.3) is 0 Å². The first-order valence-corrected chi connectivity index (χ1v) is 6.71. The van der Waals surface area contributed by atoms with Gasteiger partial charge < -0.3 is 10.0 Å². The molecule has 0 spiro atoms. The zero-order valence-corrected chi connectivity index (χ0v) is 12.0. The molecule has 0 aliphatic rings. The molecule has 5 heteroatoms. The van der Waals surface area contributed by atoms with Crippen LogP contribution in [0.25, 0.3) is 0 Å². The van der Waals surface area contributed by atoms with Gasteiger partial charge in [0, 0.05) is 17.9 Å². The monoisotopic (exact) mass is 288 g/mol. The summed E-state index contributed by atoms with van der Waals surface area (Å²) in [5, 5.41) is 8.85. The summed E-state index contributed by atoms with van der Waals surface area (Å²) in [6.45, 7) is 5.09. The minimum Gasteiger partial charge on any atom is -0.478 e. The van der Waals surface area contributed by atoms with Crippen molar-refractivity contribution in [3.8, 4) is 0 Å². The van der Waals surface area contributed by atoms with Gasteiger partial charge in [-0.05, 0) is 44.2 Å². The highest BCUT2D eigenvalue weighted by Crippen LogP contribution is 2.20. The van der Waals surface area contributed by atoms with E-state index in [0.717, 1.165) is 11.4 Å². The average molecular weight is 288 g/mol. The van der Waals surface area contributed by atoms with Gasteiger partial charge in [-0.1, -0.05) is 6.07 Å². The third-order valence-corrected chi connectivity index (χ3v) is 3.23. The van der Waals surface area contributed by atoms with Gasteiger partial charge in [0.2, 0.25) is 0 Å². The number of carboxylic acids is 1. The molecular formula is C16H17FN2O2. The quantitative estimate of drug-likeness (QED) is 0.917. The largest absolute Gasteiger partial charge is 0.478 e. The third-order valence-electron chi connectivity index (χ3n) is 3.23. The number of carboxylic acid groups (broad SMARTS) is 1. The first-order chi connectivity index (χ1) is 10.0. The number of nitrogens with zero attached hydrogens (tertiary/aromatic N) is 2. The number of aromatic nitrogens is 1. The number of hydrogen-bond donors (Lipinski definition) is 1. The summed E-state index contributed by atoms with van der Waals surface area (Å²) < 4.78 is 13.8. The minimum atomic E-state index is -1.26. The molecule has 1 heterocycles. The fourth-order valence-electron chi connectivity index (χ4n) is 2.14. The molecule has 0 unspecified atom stereocenters. The minimum absolute atomic E-state index is 0.316. The first kappa shape index (κ1) is 15.0. The molecule has 0 amide bonds. The molecule has 0 atom stereocenters. The molecule has 1 aromatic heterocycles. The number of aromatic carboxylic acids is 1. The summed E-state index contributed by atoms with van der Waals surface area (Å²) in [5.41, 5.74) is 2.14. The predicted octanol–water partition coefficient (Wildman–Crippen LogP) is 3.25. The van der Waals surface area contributed by atoms with E-state index in [0.29, 0.717) is 18.8 Å². The summed E-state index contributed by atoms with van der Waals surface area (Å²) in [7, 11) is 0. The highest BCUT2D eigenvalue weighted by molar-refractivity contribution is 5.88. The van der Waals surface area contributed by atoms with Crippen LogP contribution in [0.1, 0.15) is 28.7 Å². The van der Waals surface area contributed by atoms with Crippen molar-refractivity contribution in [2.45, 2.75) is 20.4 Å². The molecule has 4 nitrogen and oxygen atoms in total. The van der Waals surface area contributed by atoms with Crippen LogP contribution in [0.3, 0.4) is 0 Å². The number of hydrogen-bond acceptors (Lipinski definition) is 3. The molecule has 2 aromatic rings. The second-order valence-electron chi connectivity index (χ2n) is 4.75. The Morgan fingerprint density at radius 2 is 2.10 bits per heavy atom. The summed E-state index contributed by atoms with van der Waals surface area (Å²) in [6.07, 6.45) is 0. The van der Waals surface area contributed by atoms with E-state index in [2.05, 4.69) is 4.98 Å². The SMILES string of the molecule is CCN(Cc1cccc(C)n1)c1ccc(C(=O)O)c(F)c1. The number of anilines is 1. The van der Waals surface area contributed by atoms with E-state index in [9.17, 15) is 9.18 Å². The molecule has 0 aliphatic heterocycles. The molecular weight excluding hydrogens is 271 g/mol. The topological polar surface area (TPSA) is 53.4 Å². The lowest BCUT2D eigenvalue weighted by Crippen LogP contribution is -2.23. The second-order valence-corrected chi connectivity index (χ2v) is 4.75. The van der Waals surface area contributed by atoms with E-state index >= 15 is 0 Å². The Morgan fingerprint density at radius 3 is 2.67 bits per heavy atom. The van der Waals surface area contributed by atoms with Crippen molar-refractivity contribution in [3.05, 3.63) is 59.2 Å². The van der Waals surface area contributed by atoms with Crippen molar-refractivity contribution >= 4 is 11.7 Å². The maximum absolute atomic E-state index is 13.8. The van der Waals surface area contributed by atoms with Crippen LogP contribution in [0.4, 0.5) is 10.1 Å². The van der Waals surface area contributed by atoms with Crippen LogP contribution in [0.2, 0.25) is 0 Å². The van der Waals surface area contributed by atoms with E-state index in [-0.39, 0.29) is 5.56 Å². The standard InChI is InChI=1S/C16H17FN2O2/c1-3-19(10-12-6-4-5-11(2)18-12)13-7-8-14(16(20)21)15(17)9-13/h4-9H,3,10H2,1-2H3,(H,20,21). The van der Waals surface area contributed by atoms with Crippen molar-refractivity contribution in [3.63, 3.8) is 0 Å². The summed E-state index contributed by atoms with van der Waals surface area (Å²) >= 11 is 0. The van der Waals surface area contributed by atoms with E-state index in [1.54, 1.807) is 6.07 Å². The van der Waals surface area contributed by atoms with Crippen LogP contribution in [0.15, 0.2) is 36.4 Å². The first-order valence-electron chi connectivity index (χ1n) is 6.71. The number of benzene rings is 1. The van der Waals surface area contributed by atoms with Gasteiger partial charge in [0.05, 0.1) is 17.8 Å². The van der Waals surface area contributed by atoms with Crippen molar-refractivity contribution in [2.75, 3.05) is 11.4 Å². The zero-order valence-electron chi connectivity index (χ0n) is 12.0. The summed E-state index contributed by atoms with van der Waals surface area (Å²) in [5.74, 6) is -1.99. The Morgan fingerprint density at radius 1 is 1.33 bits per heavy atom. The normalized spacial score (nSPS) is 10.4. The van der Waals surface area contributed by atoms with Gasteiger partial charge in [-0.3, -0.25) is 4.98 Å². The highest BCUT2D eigenvalue weighted by atomic mass is 19.1. The van der Waals surface area contributed by atoms with Gasteiger partial charge in [0.15, 0.2) is 0 Å². The maximum atomic E-state index is 13.8. The van der Waals surface area contributed by atoms with E-state index in [1.165, 1.54) is 12.1 Å². The molecule has 0 aliphatic carbocycles. The number of halogens is 1. The number of carbonyl (C=O) groups is 1. The molecule has 2 rings (SSSR count). The summed E-state index contributed by atoms with van der Waals surface area (Å²) in [4.78, 5) is 17.2. The third kappa shape index (κ3) is 3.56. The molecule has 0 fully saturated rings. The molecule has 21 heavy (non-hydrogen) atoms. The number of pyridine rings is 1.